The quantitative estimate of drug-likeness (QED) is 0.173. The molecule has 6 aromatic rings. The lowest BCUT2D eigenvalue weighted by Crippen LogP contribution is -2.16. The van der Waals surface area contributed by atoms with Crippen molar-refractivity contribution in [3.63, 3.8) is 0 Å². The van der Waals surface area contributed by atoms with Crippen LogP contribution < -0.4 is 0 Å². The number of hydrogen-bond donors (Lipinski definition) is 2. The van der Waals surface area contributed by atoms with E-state index >= 15 is 0 Å². The zero-order valence-corrected chi connectivity index (χ0v) is 41.7. The first-order valence-electron chi connectivity index (χ1n) is 22.1. The van der Waals surface area contributed by atoms with Crippen LogP contribution in [-0.4, -0.2) is 19.9 Å². The SMILES string of the molecule is Cc1cc(C)c(-c2c3nc(c(-c4cc(C(C)(C)C)cc(C(C)(C)C)c4)c4ccc([nH]4)c(I)c4nc(c(-c5cc(C(C)(C)C)cc(C(C)(C)C)c5)c5ccc2[nH]5)C=C4)C=C3)c(C)c1. The lowest BCUT2D eigenvalue weighted by atomic mass is 9.78. The summed E-state index contributed by atoms with van der Waals surface area (Å²) in [6.07, 6.45) is 8.80. The van der Waals surface area contributed by atoms with Crippen molar-refractivity contribution in [1.82, 2.24) is 19.9 Å². The van der Waals surface area contributed by atoms with Gasteiger partial charge in [0.1, 0.15) is 0 Å². The van der Waals surface area contributed by atoms with Crippen molar-refractivity contribution in [1.29, 1.82) is 0 Å². The molecule has 4 nitrogen and oxygen atoms in total. The molecule has 0 fully saturated rings. The number of halogens is 1. The Labute approximate surface area is 383 Å². The van der Waals surface area contributed by atoms with E-state index in [2.05, 4.69) is 234 Å². The van der Waals surface area contributed by atoms with Crippen molar-refractivity contribution in [2.75, 3.05) is 0 Å². The summed E-state index contributed by atoms with van der Waals surface area (Å²) >= 11 is 2.48. The maximum absolute atomic E-state index is 5.65. The van der Waals surface area contributed by atoms with Gasteiger partial charge in [0.2, 0.25) is 0 Å². The largest absolute Gasteiger partial charge is 0.354 e. The van der Waals surface area contributed by atoms with Crippen molar-refractivity contribution in [2.24, 2.45) is 0 Å². The molecule has 0 amide bonds. The smallest absolute Gasteiger partial charge is 0.0792 e. The molecule has 0 saturated heterocycles. The van der Waals surface area contributed by atoms with E-state index in [1.165, 1.54) is 44.5 Å². The lowest BCUT2D eigenvalue weighted by molar-refractivity contribution is 0.568. The first-order chi connectivity index (χ1) is 28.9. The van der Waals surface area contributed by atoms with Crippen molar-refractivity contribution in [2.45, 2.75) is 126 Å². The second-order valence-electron chi connectivity index (χ2n) is 21.8. The molecule has 0 aliphatic carbocycles. The molecule has 0 radical (unpaired) electrons. The van der Waals surface area contributed by atoms with E-state index in [1.54, 1.807) is 0 Å². The van der Waals surface area contributed by atoms with Gasteiger partial charge in [-0.15, -0.1) is 0 Å². The molecule has 0 atom stereocenters. The van der Waals surface area contributed by atoms with Crippen LogP contribution >= 0.6 is 22.6 Å². The number of aromatic amines is 2. The summed E-state index contributed by atoms with van der Waals surface area (Å²) < 4.78 is 1.06. The van der Waals surface area contributed by atoms with Gasteiger partial charge in [0, 0.05) is 33.2 Å². The zero-order chi connectivity index (χ0) is 44.8. The Morgan fingerprint density at radius 1 is 0.387 bits per heavy atom. The number of nitrogens with one attached hydrogen (secondary N) is 2. The van der Waals surface area contributed by atoms with Crippen LogP contribution in [0.5, 0.6) is 0 Å². The fraction of sp³-hybridized carbons (Fsp3) is 0.333. The Kier molecular flexibility index (Phi) is 10.8. The van der Waals surface area contributed by atoms with Gasteiger partial charge in [-0.2, -0.15) is 0 Å². The highest BCUT2D eigenvalue weighted by Gasteiger charge is 2.26. The van der Waals surface area contributed by atoms with Gasteiger partial charge in [-0.05, 0) is 164 Å². The number of nitrogens with zero attached hydrogens (tertiary/aromatic N) is 2. The number of benzene rings is 3. The monoisotopic (exact) mass is 930 g/mol. The molecule has 2 aliphatic rings. The summed E-state index contributed by atoms with van der Waals surface area (Å²) in [7, 11) is 0. The van der Waals surface area contributed by atoms with E-state index in [4.69, 9.17) is 9.97 Å². The Bertz CT molecular complexity index is 2870. The fourth-order valence-electron chi connectivity index (χ4n) is 8.89. The zero-order valence-electron chi connectivity index (χ0n) is 39.5. The number of fused-ring (bicyclic) bond motifs is 8. The summed E-state index contributed by atoms with van der Waals surface area (Å²) in [5.41, 5.74) is 23.3. The van der Waals surface area contributed by atoms with Crippen LogP contribution in [0.25, 0.3) is 79.8 Å². The Morgan fingerprint density at radius 3 is 1.11 bits per heavy atom. The fourth-order valence-corrected chi connectivity index (χ4v) is 9.51. The van der Waals surface area contributed by atoms with E-state index in [0.717, 1.165) is 76.2 Å². The van der Waals surface area contributed by atoms with Gasteiger partial charge >= 0.3 is 0 Å². The van der Waals surface area contributed by atoms with Crippen LogP contribution in [0.4, 0.5) is 0 Å². The minimum absolute atomic E-state index is 0.0459. The minimum atomic E-state index is -0.0459. The predicted molar refractivity (Wildman–Crippen MR) is 277 cm³/mol. The second-order valence-corrected chi connectivity index (χ2v) is 22.9. The molecular formula is C57H63IN4. The molecule has 0 spiro atoms. The van der Waals surface area contributed by atoms with Crippen LogP contribution in [0.15, 0.2) is 72.8 Å². The molecule has 62 heavy (non-hydrogen) atoms. The number of hydrogen-bond acceptors (Lipinski definition) is 2. The normalized spacial score (nSPS) is 13.4. The maximum atomic E-state index is 5.65. The molecule has 318 valence electrons. The molecule has 0 unspecified atom stereocenters. The molecule has 0 saturated carbocycles. The predicted octanol–water partition coefficient (Wildman–Crippen LogP) is 16.4. The van der Waals surface area contributed by atoms with Gasteiger partial charge in [0.05, 0.1) is 31.9 Å². The Morgan fingerprint density at radius 2 is 0.710 bits per heavy atom. The molecule has 8 rings (SSSR count). The molecule has 5 heteroatoms. The molecule has 2 aliphatic heterocycles. The van der Waals surface area contributed by atoms with E-state index in [0.29, 0.717) is 0 Å². The molecule has 3 aromatic heterocycles. The highest BCUT2D eigenvalue weighted by atomic mass is 127. The highest BCUT2D eigenvalue weighted by molar-refractivity contribution is 14.1. The molecule has 3 aromatic carbocycles. The third-order valence-corrected chi connectivity index (χ3v) is 13.7. The van der Waals surface area contributed by atoms with Crippen LogP contribution in [-0.2, 0) is 21.7 Å². The third kappa shape index (κ3) is 8.30. The third-order valence-electron chi connectivity index (χ3n) is 12.5. The Hall–Kier alpha value is -5.01. The molecular weight excluding hydrogens is 868 g/mol. The molecule has 5 heterocycles. The van der Waals surface area contributed by atoms with Crippen molar-refractivity contribution >= 4 is 69.0 Å². The second kappa shape index (κ2) is 15.4. The van der Waals surface area contributed by atoms with Crippen LogP contribution in [0.2, 0.25) is 0 Å². The maximum Gasteiger partial charge on any atom is 0.0792 e. The van der Waals surface area contributed by atoms with Crippen LogP contribution in [0.3, 0.4) is 0 Å². The number of aryl methyl sites for hydroxylation is 3. The van der Waals surface area contributed by atoms with Gasteiger partial charge in [0.25, 0.3) is 0 Å². The van der Waals surface area contributed by atoms with E-state index in [9.17, 15) is 0 Å². The van der Waals surface area contributed by atoms with E-state index in [1.807, 2.05) is 0 Å². The van der Waals surface area contributed by atoms with Gasteiger partial charge in [0.15, 0.2) is 0 Å². The summed E-state index contributed by atoms with van der Waals surface area (Å²) in [4.78, 5) is 19.0. The van der Waals surface area contributed by atoms with Gasteiger partial charge in [-0.1, -0.05) is 137 Å². The van der Waals surface area contributed by atoms with Crippen molar-refractivity contribution in [3.8, 4) is 33.4 Å². The average molecular weight is 931 g/mol. The van der Waals surface area contributed by atoms with Gasteiger partial charge in [-0.25, -0.2) is 9.97 Å². The standard InChI is InChI=1S/C57H63IN4/c1-32-24-33(2)49(34(3)25-32)52-45-18-16-41(59-45)50(35-26-37(54(4,5)6)30-38(27-35)55(7,8)9)43-20-22-47(61-43)53(58)48-23-21-44(62-48)51(42-17-19-46(52)60-42)36-28-39(56(10,11)12)31-40(29-36)57(13,14)15/h16-31,59,62H,1-15H3. The van der Waals surface area contributed by atoms with Gasteiger partial charge < -0.3 is 9.97 Å². The molecule has 8 bridgehead atoms. The summed E-state index contributed by atoms with van der Waals surface area (Å²) in [5.74, 6) is 0. The van der Waals surface area contributed by atoms with Crippen LogP contribution in [0, 0.1) is 24.3 Å². The van der Waals surface area contributed by atoms with E-state index in [-0.39, 0.29) is 21.7 Å². The first-order valence-corrected chi connectivity index (χ1v) is 23.2. The average Bonchev–Trinajstić information content (AvgIpc) is 4.00. The molecule has 2 N–H and O–H groups in total. The number of aromatic nitrogens is 4. The number of rotatable bonds is 3. The van der Waals surface area contributed by atoms with E-state index < -0.39 is 0 Å². The Balaban J connectivity index is 1.57. The summed E-state index contributed by atoms with van der Waals surface area (Å²) in [6.45, 7) is 34.3. The van der Waals surface area contributed by atoms with Gasteiger partial charge in [-0.3, -0.25) is 0 Å². The lowest BCUT2D eigenvalue weighted by Gasteiger charge is -2.26. The topological polar surface area (TPSA) is 57.4 Å². The number of H-pyrrole nitrogens is 2. The van der Waals surface area contributed by atoms with Crippen molar-refractivity contribution < 1.29 is 0 Å². The highest BCUT2D eigenvalue weighted by Crippen LogP contribution is 2.42. The summed E-state index contributed by atoms with van der Waals surface area (Å²) in [6, 6.07) is 27.8. The first kappa shape index (κ1) is 43.6. The van der Waals surface area contributed by atoms with Crippen LogP contribution in [0.1, 0.15) is 145 Å². The van der Waals surface area contributed by atoms with Crippen molar-refractivity contribution in [3.05, 3.63) is 138 Å². The summed E-state index contributed by atoms with van der Waals surface area (Å²) in [5, 5.41) is 0. The minimum Gasteiger partial charge on any atom is -0.354 e.